The Kier molecular flexibility index (Phi) is 3.06. The molecule has 1 aliphatic carbocycles. The second-order valence-corrected chi connectivity index (χ2v) is 5.18. The van der Waals surface area contributed by atoms with Gasteiger partial charge in [0.2, 0.25) is 0 Å². The molecule has 5 heteroatoms. The zero-order valence-electron chi connectivity index (χ0n) is 10.7. The zero-order chi connectivity index (χ0) is 13.4. The van der Waals surface area contributed by atoms with Gasteiger partial charge in [-0.25, -0.2) is 0 Å². The van der Waals surface area contributed by atoms with Crippen molar-refractivity contribution in [2.45, 2.75) is 31.4 Å². The van der Waals surface area contributed by atoms with Crippen LogP contribution in [0.25, 0.3) is 0 Å². The van der Waals surface area contributed by atoms with Gasteiger partial charge in [-0.05, 0) is 37.5 Å². The lowest BCUT2D eigenvalue weighted by Gasteiger charge is -2.37. The second kappa shape index (κ2) is 4.74. The summed E-state index contributed by atoms with van der Waals surface area (Å²) in [6.45, 7) is 1.17. The molecule has 1 heterocycles. The SMILES string of the molecule is Nc1ccc(O)cc1C(=O)N1CCOC2CCCC21. The van der Waals surface area contributed by atoms with E-state index < -0.39 is 0 Å². The van der Waals surface area contributed by atoms with Crippen molar-refractivity contribution in [2.24, 2.45) is 0 Å². The Morgan fingerprint density at radius 3 is 3.11 bits per heavy atom. The van der Waals surface area contributed by atoms with Crippen LogP contribution >= 0.6 is 0 Å². The zero-order valence-corrected chi connectivity index (χ0v) is 10.7. The molecule has 0 bridgehead atoms. The molecule has 102 valence electrons. The van der Waals surface area contributed by atoms with Crippen LogP contribution < -0.4 is 5.73 Å². The van der Waals surface area contributed by atoms with Crippen LogP contribution in [-0.4, -0.2) is 41.2 Å². The Bertz CT molecular complexity index is 503. The van der Waals surface area contributed by atoms with E-state index in [9.17, 15) is 9.90 Å². The van der Waals surface area contributed by atoms with E-state index in [0.717, 1.165) is 19.3 Å². The molecule has 5 nitrogen and oxygen atoms in total. The summed E-state index contributed by atoms with van der Waals surface area (Å²) in [6.07, 6.45) is 3.25. The highest BCUT2D eigenvalue weighted by Crippen LogP contribution is 2.31. The maximum absolute atomic E-state index is 12.6. The quantitative estimate of drug-likeness (QED) is 0.592. The van der Waals surface area contributed by atoms with E-state index in [-0.39, 0.29) is 23.8 Å². The van der Waals surface area contributed by atoms with Gasteiger partial charge in [0.1, 0.15) is 5.75 Å². The van der Waals surface area contributed by atoms with Crippen LogP contribution in [0.3, 0.4) is 0 Å². The molecule has 3 rings (SSSR count). The lowest BCUT2D eigenvalue weighted by Crippen LogP contribution is -2.51. The molecule has 1 aliphatic heterocycles. The minimum atomic E-state index is -0.103. The summed E-state index contributed by atoms with van der Waals surface area (Å²) in [5, 5.41) is 9.52. The number of carbonyl (C=O) groups is 1. The first-order valence-electron chi connectivity index (χ1n) is 6.68. The molecule has 0 aromatic heterocycles. The molecule has 1 saturated carbocycles. The average molecular weight is 262 g/mol. The molecule has 0 spiro atoms. The number of hydrogen-bond donors (Lipinski definition) is 2. The number of amides is 1. The second-order valence-electron chi connectivity index (χ2n) is 5.18. The third kappa shape index (κ3) is 2.14. The van der Waals surface area contributed by atoms with Gasteiger partial charge in [0.15, 0.2) is 0 Å². The highest BCUT2D eigenvalue weighted by molar-refractivity contribution is 5.99. The Morgan fingerprint density at radius 2 is 2.26 bits per heavy atom. The van der Waals surface area contributed by atoms with Gasteiger partial charge in [-0.1, -0.05) is 0 Å². The number of morpholine rings is 1. The van der Waals surface area contributed by atoms with Crippen LogP contribution in [0.1, 0.15) is 29.6 Å². The van der Waals surface area contributed by atoms with Crippen molar-refractivity contribution in [2.75, 3.05) is 18.9 Å². The number of phenols is 1. The van der Waals surface area contributed by atoms with Crippen LogP contribution in [0.2, 0.25) is 0 Å². The van der Waals surface area contributed by atoms with Gasteiger partial charge in [-0.2, -0.15) is 0 Å². The normalized spacial score (nSPS) is 26.2. The minimum Gasteiger partial charge on any atom is -0.508 e. The topological polar surface area (TPSA) is 75.8 Å². The molecule has 1 amide bonds. The summed E-state index contributed by atoms with van der Waals surface area (Å²) in [6, 6.07) is 4.65. The van der Waals surface area contributed by atoms with Crippen LogP contribution in [0, 0.1) is 0 Å². The number of nitrogens with zero attached hydrogens (tertiary/aromatic N) is 1. The average Bonchev–Trinajstić information content (AvgIpc) is 2.89. The van der Waals surface area contributed by atoms with E-state index >= 15 is 0 Å². The van der Waals surface area contributed by atoms with E-state index in [4.69, 9.17) is 10.5 Å². The molecular weight excluding hydrogens is 244 g/mol. The molecular formula is C14H18N2O3. The maximum atomic E-state index is 12.6. The molecule has 1 saturated heterocycles. The van der Waals surface area contributed by atoms with Crippen molar-refractivity contribution in [3.63, 3.8) is 0 Å². The van der Waals surface area contributed by atoms with Crippen molar-refractivity contribution in [1.29, 1.82) is 0 Å². The predicted molar refractivity (Wildman–Crippen MR) is 70.9 cm³/mol. The van der Waals surface area contributed by atoms with Gasteiger partial charge in [0.25, 0.3) is 5.91 Å². The lowest BCUT2D eigenvalue weighted by molar-refractivity contribution is -0.0445. The number of rotatable bonds is 1. The van der Waals surface area contributed by atoms with E-state index in [0.29, 0.717) is 24.4 Å². The van der Waals surface area contributed by atoms with Crippen molar-refractivity contribution >= 4 is 11.6 Å². The van der Waals surface area contributed by atoms with E-state index in [1.807, 2.05) is 4.90 Å². The van der Waals surface area contributed by atoms with Gasteiger partial charge >= 0.3 is 0 Å². The van der Waals surface area contributed by atoms with Crippen LogP contribution in [0.15, 0.2) is 18.2 Å². The third-order valence-corrected chi connectivity index (χ3v) is 4.01. The van der Waals surface area contributed by atoms with Crippen LogP contribution in [0.4, 0.5) is 5.69 Å². The van der Waals surface area contributed by atoms with Gasteiger partial charge in [-0.15, -0.1) is 0 Å². The molecule has 0 radical (unpaired) electrons. The maximum Gasteiger partial charge on any atom is 0.256 e. The lowest BCUT2D eigenvalue weighted by atomic mass is 10.1. The highest BCUT2D eigenvalue weighted by Gasteiger charge is 2.38. The fourth-order valence-corrected chi connectivity index (χ4v) is 3.06. The monoisotopic (exact) mass is 262 g/mol. The summed E-state index contributed by atoms with van der Waals surface area (Å²) in [7, 11) is 0. The Morgan fingerprint density at radius 1 is 1.42 bits per heavy atom. The number of nitrogen functional groups attached to an aromatic ring is 1. The van der Waals surface area contributed by atoms with Crippen LogP contribution in [-0.2, 0) is 4.74 Å². The van der Waals surface area contributed by atoms with Crippen molar-refractivity contribution in [3.8, 4) is 5.75 Å². The Hall–Kier alpha value is -1.75. The van der Waals surface area contributed by atoms with E-state index in [1.165, 1.54) is 12.1 Å². The first-order valence-corrected chi connectivity index (χ1v) is 6.68. The molecule has 2 fully saturated rings. The fraction of sp³-hybridized carbons (Fsp3) is 0.500. The van der Waals surface area contributed by atoms with Crippen molar-refractivity contribution in [1.82, 2.24) is 4.90 Å². The summed E-state index contributed by atoms with van der Waals surface area (Å²) < 4.78 is 5.70. The van der Waals surface area contributed by atoms with Gasteiger partial charge in [0, 0.05) is 12.2 Å². The number of ether oxygens (including phenoxy) is 1. The van der Waals surface area contributed by atoms with Gasteiger partial charge < -0.3 is 20.5 Å². The molecule has 2 unspecified atom stereocenters. The minimum absolute atomic E-state index is 0.0637. The smallest absolute Gasteiger partial charge is 0.256 e. The summed E-state index contributed by atoms with van der Waals surface area (Å²) in [5.74, 6) is -0.0395. The summed E-state index contributed by atoms with van der Waals surface area (Å²) in [4.78, 5) is 14.4. The first kappa shape index (κ1) is 12.3. The van der Waals surface area contributed by atoms with Crippen molar-refractivity contribution in [3.05, 3.63) is 23.8 Å². The first-order chi connectivity index (χ1) is 9.16. The Labute approximate surface area is 112 Å². The number of aromatic hydroxyl groups is 1. The standard InChI is InChI=1S/C14H18N2O3/c15-11-5-4-9(17)8-10(11)14(18)16-6-7-19-13-3-1-2-12(13)16/h4-5,8,12-13,17H,1-3,6-7,15H2. The van der Waals surface area contributed by atoms with Crippen molar-refractivity contribution < 1.29 is 14.6 Å². The van der Waals surface area contributed by atoms with E-state index in [2.05, 4.69) is 0 Å². The third-order valence-electron chi connectivity index (χ3n) is 4.01. The summed E-state index contributed by atoms with van der Waals surface area (Å²) in [5.41, 5.74) is 6.63. The highest BCUT2D eigenvalue weighted by atomic mass is 16.5. The molecule has 2 aliphatic rings. The van der Waals surface area contributed by atoms with Crippen LogP contribution in [0.5, 0.6) is 5.75 Å². The molecule has 19 heavy (non-hydrogen) atoms. The number of phenolic OH excluding ortho intramolecular Hbond substituents is 1. The van der Waals surface area contributed by atoms with Gasteiger partial charge in [0.05, 0.1) is 24.3 Å². The number of nitrogens with two attached hydrogens (primary N) is 1. The number of benzene rings is 1. The molecule has 1 aromatic carbocycles. The fourth-order valence-electron chi connectivity index (χ4n) is 3.06. The van der Waals surface area contributed by atoms with E-state index in [1.54, 1.807) is 6.07 Å². The molecule has 2 atom stereocenters. The number of hydrogen-bond acceptors (Lipinski definition) is 4. The molecule has 3 N–H and O–H groups in total. The summed E-state index contributed by atoms with van der Waals surface area (Å²) >= 11 is 0. The number of anilines is 1. The number of fused-ring (bicyclic) bond motifs is 1. The number of carbonyl (C=O) groups excluding carboxylic acids is 1. The molecule has 1 aromatic rings. The van der Waals surface area contributed by atoms with Gasteiger partial charge in [-0.3, -0.25) is 4.79 Å². The predicted octanol–water partition coefficient (Wildman–Crippen LogP) is 1.37. The Balaban J connectivity index is 1.88. The largest absolute Gasteiger partial charge is 0.508 e.